The minimum absolute atomic E-state index is 0.0312. The van der Waals surface area contributed by atoms with Gasteiger partial charge in [-0.3, -0.25) is 0 Å². The van der Waals surface area contributed by atoms with E-state index >= 15 is 0 Å². The Morgan fingerprint density at radius 3 is 3.00 bits per heavy atom. The predicted molar refractivity (Wildman–Crippen MR) is 53.5 cm³/mol. The SMILES string of the molecule is B[C@@H]1O[C@]2(COC)CC1SC2C. The zero-order chi connectivity index (χ0) is 8.77. The Hall–Kier alpha value is 0.335. The van der Waals surface area contributed by atoms with Crippen molar-refractivity contribution in [3.63, 3.8) is 0 Å². The topological polar surface area (TPSA) is 18.5 Å². The van der Waals surface area contributed by atoms with Gasteiger partial charge in [0.15, 0.2) is 0 Å². The number of hydrogen-bond acceptors (Lipinski definition) is 3. The highest BCUT2D eigenvalue weighted by Gasteiger charge is 2.55. The second-order valence-electron chi connectivity index (χ2n) is 3.84. The summed E-state index contributed by atoms with van der Waals surface area (Å²) in [5.74, 6) is 0. The zero-order valence-corrected chi connectivity index (χ0v) is 8.69. The van der Waals surface area contributed by atoms with Crippen molar-refractivity contribution < 1.29 is 9.47 Å². The van der Waals surface area contributed by atoms with Crippen LogP contribution in [0.1, 0.15) is 13.3 Å². The fourth-order valence-corrected chi connectivity index (χ4v) is 3.91. The van der Waals surface area contributed by atoms with E-state index in [0.29, 0.717) is 16.5 Å². The van der Waals surface area contributed by atoms with Crippen molar-refractivity contribution in [2.75, 3.05) is 13.7 Å². The van der Waals surface area contributed by atoms with E-state index in [0.717, 1.165) is 6.61 Å². The van der Waals surface area contributed by atoms with Crippen molar-refractivity contribution in [1.29, 1.82) is 0 Å². The van der Waals surface area contributed by atoms with Crippen LogP contribution in [-0.2, 0) is 9.47 Å². The first kappa shape index (κ1) is 8.91. The molecule has 0 N–H and O–H groups in total. The molecule has 4 atom stereocenters. The molecule has 12 heavy (non-hydrogen) atoms. The van der Waals surface area contributed by atoms with Crippen LogP contribution in [0, 0.1) is 0 Å². The molecule has 0 aromatic rings. The average Bonchev–Trinajstić information content (AvgIpc) is 2.43. The molecular weight excluding hydrogens is 171 g/mol. The lowest BCUT2D eigenvalue weighted by Gasteiger charge is -2.34. The standard InChI is InChI=1S/C8H15BO2S/c1-5-8(4-10-2)3-6(12-5)7(9)11-8/h5-7H,3-4,9H2,1-2H3/t5?,6?,7-,8+/m1/s1. The number of fused-ring (bicyclic) bond motifs is 2. The molecule has 2 aliphatic rings. The van der Waals surface area contributed by atoms with Crippen molar-refractivity contribution in [2.45, 2.75) is 35.4 Å². The van der Waals surface area contributed by atoms with Crippen LogP contribution >= 0.6 is 11.8 Å². The molecular formula is C8H15BO2S. The number of hydrogen-bond donors (Lipinski definition) is 0. The van der Waals surface area contributed by atoms with Crippen molar-refractivity contribution in [3.8, 4) is 0 Å². The molecule has 2 fully saturated rings. The molecule has 0 amide bonds. The molecule has 0 aromatic carbocycles. The second-order valence-corrected chi connectivity index (χ2v) is 5.43. The van der Waals surface area contributed by atoms with E-state index in [1.165, 1.54) is 6.42 Å². The van der Waals surface area contributed by atoms with Gasteiger partial charge in [-0.15, -0.1) is 0 Å². The summed E-state index contributed by atoms with van der Waals surface area (Å²) in [5, 5.41) is 1.30. The highest BCUT2D eigenvalue weighted by molar-refractivity contribution is 8.01. The third-order valence-electron chi connectivity index (χ3n) is 3.00. The van der Waals surface area contributed by atoms with Crippen LogP contribution in [0.2, 0.25) is 0 Å². The molecule has 2 bridgehead atoms. The number of methoxy groups -OCH3 is 1. The summed E-state index contributed by atoms with van der Waals surface area (Å²) in [6.45, 7) is 3.00. The molecule has 4 heteroatoms. The fraction of sp³-hybridized carbons (Fsp3) is 1.00. The summed E-state index contributed by atoms with van der Waals surface area (Å²) >= 11 is 2.06. The lowest BCUT2D eigenvalue weighted by Crippen LogP contribution is -2.43. The molecule has 0 aliphatic carbocycles. The van der Waals surface area contributed by atoms with E-state index in [1.54, 1.807) is 7.11 Å². The molecule has 2 unspecified atom stereocenters. The normalized spacial score (nSPS) is 51.7. The summed E-state index contributed by atoms with van der Waals surface area (Å²) in [5.41, 5.74) is 0.0312. The maximum atomic E-state index is 5.95. The van der Waals surface area contributed by atoms with Crippen LogP contribution in [-0.4, -0.2) is 43.7 Å². The molecule has 0 aromatic heterocycles. The van der Waals surface area contributed by atoms with Gasteiger partial charge in [-0.25, -0.2) is 0 Å². The van der Waals surface area contributed by atoms with Gasteiger partial charge in [0.05, 0.1) is 6.61 Å². The van der Waals surface area contributed by atoms with Gasteiger partial charge >= 0.3 is 0 Å². The van der Waals surface area contributed by atoms with Gasteiger partial charge in [0.25, 0.3) is 0 Å². The van der Waals surface area contributed by atoms with Gasteiger partial charge in [0.1, 0.15) is 13.4 Å². The van der Waals surface area contributed by atoms with Crippen molar-refractivity contribution in [1.82, 2.24) is 0 Å². The lowest BCUT2D eigenvalue weighted by atomic mass is 9.93. The summed E-state index contributed by atoms with van der Waals surface area (Å²) in [4.78, 5) is 0. The third-order valence-corrected chi connectivity index (χ3v) is 4.74. The Morgan fingerprint density at radius 1 is 1.75 bits per heavy atom. The molecule has 0 saturated carbocycles. The Kier molecular flexibility index (Phi) is 2.17. The van der Waals surface area contributed by atoms with E-state index < -0.39 is 0 Å². The molecule has 68 valence electrons. The Morgan fingerprint density at radius 2 is 2.50 bits per heavy atom. The maximum Gasteiger partial charge on any atom is 0.140 e. The summed E-state index contributed by atoms with van der Waals surface area (Å²) in [7, 11) is 3.92. The van der Waals surface area contributed by atoms with Gasteiger partial charge in [-0.1, -0.05) is 6.92 Å². The molecule has 2 saturated heterocycles. The quantitative estimate of drug-likeness (QED) is 0.576. The van der Waals surface area contributed by atoms with Crippen LogP contribution in [0.25, 0.3) is 0 Å². The van der Waals surface area contributed by atoms with E-state index in [4.69, 9.17) is 9.47 Å². The number of ether oxygens (including phenoxy) is 2. The highest BCUT2D eigenvalue weighted by atomic mass is 32.2. The summed E-state index contributed by atoms with van der Waals surface area (Å²) < 4.78 is 11.2. The van der Waals surface area contributed by atoms with E-state index in [-0.39, 0.29) is 5.60 Å². The molecule has 2 aliphatic heterocycles. The Balaban J connectivity index is 2.13. The van der Waals surface area contributed by atoms with E-state index in [2.05, 4.69) is 26.5 Å². The molecule has 2 nitrogen and oxygen atoms in total. The number of rotatable bonds is 2. The van der Waals surface area contributed by atoms with Crippen molar-refractivity contribution in [2.24, 2.45) is 0 Å². The Labute approximate surface area is 78.8 Å². The van der Waals surface area contributed by atoms with Crippen LogP contribution in [0.3, 0.4) is 0 Å². The zero-order valence-electron chi connectivity index (χ0n) is 7.87. The van der Waals surface area contributed by atoms with Crippen LogP contribution in [0.15, 0.2) is 0 Å². The van der Waals surface area contributed by atoms with E-state index in [9.17, 15) is 0 Å². The second kappa shape index (κ2) is 2.93. The van der Waals surface area contributed by atoms with Crippen LogP contribution in [0.5, 0.6) is 0 Å². The largest absolute Gasteiger partial charge is 0.382 e. The van der Waals surface area contributed by atoms with Gasteiger partial charge in [-0.2, -0.15) is 11.8 Å². The van der Waals surface area contributed by atoms with Gasteiger partial charge in [-0.05, 0) is 6.42 Å². The number of thioether (sulfide) groups is 1. The van der Waals surface area contributed by atoms with Gasteiger partial charge in [0.2, 0.25) is 0 Å². The summed E-state index contributed by atoms with van der Waals surface area (Å²) in [6, 6.07) is 0.418. The third kappa shape index (κ3) is 1.12. The van der Waals surface area contributed by atoms with Crippen LogP contribution < -0.4 is 0 Å². The monoisotopic (exact) mass is 186 g/mol. The first-order valence-electron chi connectivity index (χ1n) is 4.50. The minimum Gasteiger partial charge on any atom is -0.382 e. The maximum absolute atomic E-state index is 5.95. The average molecular weight is 186 g/mol. The molecule has 0 radical (unpaired) electrons. The fourth-order valence-electron chi connectivity index (χ4n) is 2.26. The lowest BCUT2D eigenvalue weighted by molar-refractivity contribution is -0.0618. The highest BCUT2D eigenvalue weighted by Crippen LogP contribution is 2.51. The van der Waals surface area contributed by atoms with E-state index in [1.807, 2.05) is 0 Å². The Bertz CT molecular complexity index is 186. The van der Waals surface area contributed by atoms with Crippen molar-refractivity contribution >= 4 is 19.6 Å². The van der Waals surface area contributed by atoms with Crippen molar-refractivity contribution in [3.05, 3.63) is 0 Å². The summed E-state index contributed by atoms with van der Waals surface area (Å²) in [6.07, 6.45) is 1.17. The molecule has 0 spiro atoms. The minimum atomic E-state index is 0.0312. The molecule has 2 heterocycles. The van der Waals surface area contributed by atoms with Gasteiger partial charge in [0, 0.05) is 23.6 Å². The smallest absolute Gasteiger partial charge is 0.140 e. The predicted octanol–water partition coefficient (Wildman–Crippen LogP) is 0.255. The van der Waals surface area contributed by atoms with Gasteiger partial charge < -0.3 is 9.47 Å². The first-order valence-corrected chi connectivity index (χ1v) is 5.44. The van der Waals surface area contributed by atoms with Crippen LogP contribution in [0.4, 0.5) is 0 Å². The first-order chi connectivity index (χ1) is 5.68. The molecule has 2 rings (SSSR count).